The summed E-state index contributed by atoms with van der Waals surface area (Å²) in [5.41, 5.74) is 6.48. The molecule has 1 amide bonds. The number of amides is 1. The minimum atomic E-state index is -0.00495. The van der Waals surface area contributed by atoms with Gasteiger partial charge in [-0.2, -0.15) is 0 Å². The zero-order chi connectivity index (χ0) is 11.4. The predicted octanol–water partition coefficient (Wildman–Crippen LogP) is 1.67. The van der Waals surface area contributed by atoms with Crippen molar-refractivity contribution in [2.75, 3.05) is 13.6 Å². The molecule has 1 heterocycles. The molecule has 0 aliphatic heterocycles. The summed E-state index contributed by atoms with van der Waals surface area (Å²) in [6.45, 7) is 2.36. The fourth-order valence-corrected chi connectivity index (χ4v) is 2.46. The first-order valence-corrected chi connectivity index (χ1v) is 5.95. The van der Waals surface area contributed by atoms with E-state index in [2.05, 4.69) is 0 Å². The molecule has 0 spiro atoms. The molecule has 1 rings (SSSR count). The van der Waals surface area contributed by atoms with Gasteiger partial charge in [0.25, 0.3) is 5.91 Å². The molecular weight excluding hydrogens is 228 g/mol. The van der Waals surface area contributed by atoms with Crippen molar-refractivity contribution < 1.29 is 4.79 Å². The number of hydrogen-bond acceptors (Lipinski definition) is 3. The topological polar surface area (TPSA) is 46.3 Å². The maximum atomic E-state index is 11.9. The summed E-state index contributed by atoms with van der Waals surface area (Å²) in [4.78, 5) is 14.6. The Morgan fingerprint density at radius 2 is 2.33 bits per heavy atom. The standard InChI is InChI=1S/C10H14N2OS2/c1-3-7-4-5-15-9(7)10(13)12(2)6-8(11)14/h4-5H,3,6H2,1-2H3,(H2,11,14). The summed E-state index contributed by atoms with van der Waals surface area (Å²) < 4.78 is 0. The SMILES string of the molecule is CCc1ccsc1C(=O)N(C)CC(N)=S. The molecule has 0 saturated heterocycles. The van der Waals surface area contributed by atoms with Gasteiger partial charge >= 0.3 is 0 Å². The van der Waals surface area contributed by atoms with Crippen LogP contribution in [0, 0.1) is 0 Å². The lowest BCUT2D eigenvalue weighted by Crippen LogP contribution is -2.34. The zero-order valence-corrected chi connectivity index (χ0v) is 10.5. The highest BCUT2D eigenvalue weighted by Gasteiger charge is 2.16. The Balaban J connectivity index is 2.80. The normalized spacial score (nSPS) is 10.0. The van der Waals surface area contributed by atoms with Gasteiger partial charge in [0.1, 0.15) is 0 Å². The molecule has 0 aliphatic rings. The second kappa shape index (κ2) is 5.23. The fourth-order valence-electron chi connectivity index (χ4n) is 1.28. The molecule has 5 heteroatoms. The number of aryl methyl sites for hydroxylation is 1. The second-order valence-corrected chi connectivity index (χ2v) is 4.70. The van der Waals surface area contributed by atoms with Gasteiger partial charge in [0.05, 0.1) is 16.4 Å². The maximum absolute atomic E-state index is 11.9. The summed E-state index contributed by atoms with van der Waals surface area (Å²) in [7, 11) is 1.71. The highest BCUT2D eigenvalue weighted by atomic mass is 32.1. The van der Waals surface area contributed by atoms with E-state index in [1.807, 2.05) is 18.4 Å². The lowest BCUT2D eigenvalue weighted by molar-refractivity contribution is 0.0819. The van der Waals surface area contributed by atoms with Crippen LogP contribution in [0.15, 0.2) is 11.4 Å². The number of thiophene rings is 1. The van der Waals surface area contributed by atoms with Crippen LogP contribution in [-0.4, -0.2) is 29.4 Å². The average Bonchev–Trinajstić information content (AvgIpc) is 2.62. The number of thiocarbonyl (C=S) groups is 1. The molecule has 2 N–H and O–H groups in total. The first kappa shape index (κ1) is 12.1. The summed E-state index contributed by atoms with van der Waals surface area (Å²) >= 11 is 6.23. The third-order valence-corrected chi connectivity index (χ3v) is 3.14. The van der Waals surface area contributed by atoms with E-state index < -0.39 is 0 Å². The van der Waals surface area contributed by atoms with Gasteiger partial charge in [0.15, 0.2) is 0 Å². The quantitative estimate of drug-likeness (QED) is 0.817. The van der Waals surface area contributed by atoms with Crippen LogP contribution in [0.5, 0.6) is 0 Å². The Morgan fingerprint density at radius 1 is 1.67 bits per heavy atom. The van der Waals surface area contributed by atoms with E-state index in [1.54, 1.807) is 11.9 Å². The molecule has 0 unspecified atom stereocenters. The van der Waals surface area contributed by atoms with Crippen LogP contribution in [-0.2, 0) is 6.42 Å². The molecule has 3 nitrogen and oxygen atoms in total. The Morgan fingerprint density at radius 3 is 2.87 bits per heavy atom. The lowest BCUT2D eigenvalue weighted by Gasteiger charge is -2.15. The van der Waals surface area contributed by atoms with Crippen LogP contribution in [0.25, 0.3) is 0 Å². The molecule has 1 aromatic rings. The van der Waals surface area contributed by atoms with Crippen molar-refractivity contribution in [3.8, 4) is 0 Å². The van der Waals surface area contributed by atoms with E-state index in [1.165, 1.54) is 11.3 Å². The minimum absolute atomic E-state index is 0.00495. The van der Waals surface area contributed by atoms with Crippen molar-refractivity contribution in [1.29, 1.82) is 0 Å². The van der Waals surface area contributed by atoms with Gasteiger partial charge in [0, 0.05) is 7.05 Å². The molecule has 0 fully saturated rings. The van der Waals surface area contributed by atoms with Gasteiger partial charge in [-0.1, -0.05) is 19.1 Å². The van der Waals surface area contributed by atoms with Gasteiger partial charge in [-0.15, -0.1) is 11.3 Å². The monoisotopic (exact) mass is 242 g/mol. The van der Waals surface area contributed by atoms with Crippen molar-refractivity contribution in [2.45, 2.75) is 13.3 Å². The second-order valence-electron chi connectivity index (χ2n) is 3.26. The average molecular weight is 242 g/mol. The first-order chi connectivity index (χ1) is 7.06. The van der Waals surface area contributed by atoms with Gasteiger partial charge in [-0.3, -0.25) is 4.79 Å². The molecule has 0 bridgehead atoms. The highest BCUT2D eigenvalue weighted by molar-refractivity contribution is 7.80. The van der Waals surface area contributed by atoms with E-state index in [9.17, 15) is 4.79 Å². The van der Waals surface area contributed by atoms with Crippen LogP contribution in [0.1, 0.15) is 22.2 Å². The van der Waals surface area contributed by atoms with E-state index >= 15 is 0 Å². The number of rotatable bonds is 4. The fraction of sp³-hybridized carbons (Fsp3) is 0.400. The summed E-state index contributed by atoms with van der Waals surface area (Å²) in [6, 6.07) is 1.98. The smallest absolute Gasteiger partial charge is 0.264 e. The van der Waals surface area contributed by atoms with Gasteiger partial charge in [0.2, 0.25) is 0 Å². The summed E-state index contributed by atoms with van der Waals surface area (Å²) in [5.74, 6) is -0.00495. The number of likely N-dealkylation sites (N-methyl/N-ethyl adjacent to an activating group) is 1. The van der Waals surface area contributed by atoms with E-state index in [0.29, 0.717) is 11.5 Å². The Hall–Kier alpha value is -0.940. The van der Waals surface area contributed by atoms with Crippen LogP contribution in [0.3, 0.4) is 0 Å². The Labute approximate surface area is 98.9 Å². The molecule has 0 aliphatic carbocycles. The number of nitrogens with zero attached hydrogens (tertiary/aromatic N) is 1. The zero-order valence-electron chi connectivity index (χ0n) is 8.82. The van der Waals surface area contributed by atoms with Gasteiger partial charge in [-0.05, 0) is 23.4 Å². The molecule has 0 atom stereocenters. The summed E-state index contributed by atoms with van der Waals surface area (Å²) in [5, 5.41) is 1.93. The van der Waals surface area contributed by atoms with Crippen molar-refractivity contribution in [2.24, 2.45) is 5.73 Å². The molecule has 0 saturated carbocycles. The highest BCUT2D eigenvalue weighted by Crippen LogP contribution is 2.18. The number of hydrogen-bond donors (Lipinski definition) is 1. The van der Waals surface area contributed by atoms with Crippen molar-refractivity contribution in [3.05, 3.63) is 21.9 Å². The predicted molar refractivity (Wildman–Crippen MR) is 67.4 cm³/mol. The van der Waals surface area contributed by atoms with Gasteiger partial charge < -0.3 is 10.6 Å². The molecule has 82 valence electrons. The van der Waals surface area contributed by atoms with Crippen LogP contribution < -0.4 is 5.73 Å². The number of nitrogens with two attached hydrogens (primary N) is 1. The number of carbonyl (C=O) groups is 1. The van der Waals surface area contributed by atoms with Crippen molar-refractivity contribution in [1.82, 2.24) is 4.90 Å². The molecule has 0 radical (unpaired) electrons. The van der Waals surface area contributed by atoms with Crippen LogP contribution >= 0.6 is 23.6 Å². The summed E-state index contributed by atoms with van der Waals surface area (Å²) in [6.07, 6.45) is 0.867. The molecular formula is C10H14N2OS2. The van der Waals surface area contributed by atoms with Gasteiger partial charge in [-0.25, -0.2) is 0 Å². The van der Waals surface area contributed by atoms with E-state index in [-0.39, 0.29) is 5.91 Å². The third kappa shape index (κ3) is 3.00. The largest absolute Gasteiger partial charge is 0.392 e. The Kier molecular flexibility index (Phi) is 4.23. The lowest BCUT2D eigenvalue weighted by atomic mass is 10.2. The third-order valence-electron chi connectivity index (χ3n) is 2.06. The van der Waals surface area contributed by atoms with E-state index in [0.717, 1.165) is 16.9 Å². The van der Waals surface area contributed by atoms with Crippen LogP contribution in [0.2, 0.25) is 0 Å². The number of carbonyl (C=O) groups excluding carboxylic acids is 1. The Bertz CT molecular complexity index is 373. The first-order valence-electron chi connectivity index (χ1n) is 4.66. The molecule has 0 aromatic carbocycles. The van der Waals surface area contributed by atoms with Crippen molar-refractivity contribution >= 4 is 34.5 Å². The van der Waals surface area contributed by atoms with Crippen molar-refractivity contribution in [3.63, 3.8) is 0 Å². The minimum Gasteiger partial charge on any atom is -0.392 e. The van der Waals surface area contributed by atoms with E-state index in [4.69, 9.17) is 18.0 Å². The molecule has 1 aromatic heterocycles. The molecule has 15 heavy (non-hydrogen) atoms. The maximum Gasteiger partial charge on any atom is 0.264 e. The van der Waals surface area contributed by atoms with Crippen LogP contribution in [0.4, 0.5) is 0 Å².